The molecule has 2 amide bonds. The summed E-state index contributed by atoms with van der Waals surface area (Å²) in [4.78, 5) is 18.9. The number of ether oxygens (including phenoxy) is 1. The molecule has 24 heavy (non-hydrogen) atoms. The minimum atomic E-state index is 0.00673. The number of hydrogen-bond donors (Lipinski definition) is 1. The number of aromatic nitrogens is 1. The lowest BCUT2D eigenvalue weighted by Crippen LogP contribution is -2.40. The van der Waals surface area contributed by atoms with Crippen molar-refractivity contribution in [3.05, 3.63) is 45.9 Å². The predicted octanol–water partition coefficient (Wildman–Crippen LogP) is 3.55. The summed E-state index contributed by atoms with van der Waals surface area (Å²) in [7, 11) is 1.67. The number of hydrogen-bond acceptors (Lipinski definition) is 4. The smallest absolute Gasteiger partial charge is 0.317 e. The molecule has 1 aromatic heterocycles. The van der Waals surface area contributed by atoms with Crippen LogP contribution in [0.5, 0.6) is 5.75 Å². The van der Waals surface area contributed by atoms with Crippen molar-refractivity contribution in [1.82, 2.24) is 15.2 Å². The normalized spacial score (nSPS) is 17.1. The van der Waals surface area contributed by atoms with Crippen LogP contribution in [-0.4, -0.2) is 36.1 Å². The summed E-state index contributed by atoms with van der Waals surface area (Å²) in [5.41, 5.74) is 2.18. The van der Waals surface area contributed by atoms with Gasteiger partial charge in [-0.1, -0.05) is 12.1 Å². The topological polar surface area (TPSA) is 54.5 Å². The number of nitrogens with zero attached hydrogens (tertiary/aromatic N) is 2. The van der Waals surface area contributed by atoms with Gasteiger partial charge in [0.1, 0.15) is 5.75 Å². The highest BCUT2D eigenvalue weighted by Crippen LogP contribution is 2.33. The van der Waals surface area contributed by atoms with Crippen LogP contribution < -0.4 is 10.1 Å². The fourth-order valence-electron chi connectivity index (χ4n) is 3.13. The highest BCUT2D eigenvalue weighted by molar-refractivity contribution is 7.09. The monoisotopic (exact) mass is 345 g/mol. The van der Waals surface area contributed by atoms with Gasteiger partial charge in [-0.3, -0.25) is 0 Å². The van der Waals surface area contributed by atoms with E-state index in [9.17, 15) is 4.79 Å². The standard InChI is InChI=1S/C18H23N3O2S/c1-13-20-15(12-24-13)8-9-19-18(22)21-10-4-7-17(21)14-5-3-6-16(11-14)23-2/h3,5-6,11-12,17H,4,7-10H2,1-2H3,(H,19,22)/t17-/m1/s1. The number of carbonyl (C=O) groups is 1. The van der Waals surface area contributed by atoms with Gasteiger partial charge in [-0.15, -0.1) is 11.3 Å². The number of benzene rings is 1. The van der Waals surface area contributed by atoms with Crippen LogP contribution in [0.4, 0.5) is 4.79 Å². The quantitative estimate of drug-likeness (QED) is 0.902. The Labute approximate surface area is 146 Å². The number of methoxy groups -OCH3 is 1. The molecule has 1 aromatic carbocycles. The number of rotatable bonds is 5. The van der Waals surface area contributed by atoms with Gasteiger partial charge in [0, 0.05) is 24.9 Å². The molecule has 0 bridgehead atoms. The van der Waals surface area contributed by atoms with Gasteiger partial charge in [0.2, 0.25) is 0 Å². The molecule has 0 spiro atoms. The van der Waals surface area contributed by atoms with E-state index in [1.54, 1.807) is 18.4 Å². The molecule has 1 atom stereocenters. The van der Waals surface area contributed by atoms with Gasteiger partial charge in [0.25, 0.3) is 0 Å². The van der Waals surface area contributed by atoms with Crippen LogP contribution in [-0.2, 0) is 6.42 Å². The van der Waals surface area contributed by atoms with Gasteiger partial charge >= 0.3 is 6.03 Å². The lowest BCUT2D eigenvalue weighted by Gasteiger charge is -2.25. The summed E-state index contributed by atoms with van der Waals surface area (Å²) in [6.07, 6.45) is 2.79. The number of aryl methyl sites for hydroxylation is 1. The maximum absolute atomic E-state index is 12.5. The van der Waals surface area contributed by atoms with Crippen molar-refractivity contribution in [2.24, 2.45) is 0 Å². The molecule has 1 aliphatic rings. The first-order valence-corrected chi connectivity index (χ1v) is 9.15. The van der Waals surface area contributed by atoms with E-state index in [0.29, 0.717) is 6.54 Å². The van der Waals surface area contributed by atoms with E-state index in [1.807, 2.05) is 30.0 Å². The van der Waals surface area contributed by atoms with E-state index in [4.69, 9.17) is 4.74 Å². The highest BCUT2D eigenvalue weighted by Gasteiger charge is 2.29. The molecule has 1 fully saturated rings. The molecule has 6 heteroatoms. The van der Waals surface area contributed by atoms with Crippen LogP contribution in [0.15, 0.2) is 29.6 Å². The molecule has 1 saturated heterocycles. The number of thiazole rings is 1. The molecule has 0 saturated carbocycles. The first kappa shape index (κ1) is 16.8. The number of urea groups is 1. The Bertz CT molecular complexity index is 701. The predicted molar refractivity (Wildman–Crippen MR) is 95.6 cm³/mol. The highest BCUT2D eigenvalue weighted by atomic mass is 32.1. The van der Waals surface area contributed by atoms with E-state index < -0.39 is 0 Å². The second-order valence-electron chi connectivity index (χ2n) is 5.97. The Morgan fingerprint density at radius 1 is 1.50 bits per heavy atom. The fourth-order valence-corrected chi connectivity index (χ4v) is 3.77. The van der Waals surface area contributed by atoms with Crippen LogP contribution in [0, 0.1) is 6.92 Å². The molecule has 1 N–H and O–H groups in total. The third kappa shape index (κ3) is 3.87. The molecule has 2 aromatic rings. The zero-order valence-electron chi connectivity index (χ0n) is 14.1. The molecular weight excluding hydrogens is 322 g/mol. The van der Waals surface area contributed by atoms with Crippen LogP contribution in [0.1, 0.15) is 35.1 Å². The summed E-state index contributed by atoms with van der Waals surface area (Å²) in [5.74, 6) is 0.832. The van der Waals surface area contributed by atoms with Crippen molar-refractivity contribution < 1.29 is 9.53 Å². The molecule has 5 nitrogen and oxygen atoms in total. The third-order valence-corrected chi connectivity index (χ3v) is 5.14. The van der Waals surface area contributed by atoms with Crippen LogP contribution >= 0.6 is 11.3 Å². The molecule has 1 aliphatic heterocycles. The van der Waals surface area contributed by atoms with E-state index >= 15 is 0 Å². The van der Waals surface area contributed by atoms with E-state index in [0.717, 1.165) is 47.8 Å². The minimum absolute atomic E-state index is 0.00673. The molecule has 2 heterocycles. The second-order valence-corrected chi connectivity index (χ2v) is 7.03. The van der Waals surface area contributed by atoms with Crippen molar-refractivity contribution in [3.8, 4) is 5.75 Å². The molecule has 0 aliphatic carbocycles. The van der Waals surface area contributed by atoms with Crippen LogP contribution in [0.3, 0.4) is 0 Å². The van der Waals surface area contributed by atoms with Gasteiger partial charge in [-0.25, -0.2) is 9.78 Å². The van der Waals surface area contributed by atoms with Gasteiger partial charge in [0.15, 0.2) is 0 Å². The van der Waals surface area contributed by atoms with Gasteiger partial charge < -0.3 is 15.0 Å². The largest absolute Gasteiger partial charge is 0.497 e. The Morgan fingerprint density at radius 2 is 2.38 bits per heavy atom. The van der Waals surface area contributed by atoms with E-state index in [1.165, 1.54) is 0 Å². The molecule has 0 radical (unpaired) electrons. The summed E-state index contributed by atoms with van der Waals surface area (Å²) in [6, 6.07) is 8.13. The fraction of sp³-hybridized carbons (Fsp3) is 0.444. The van der Waals surface area contributed by atoms with Crippen molar-refractivity contribution in [3.63, 3.8) is 0 Å². The Balaban J connectivity index is 1.58. The van der Waals surface area contributed by atoms with Gasteiger partial charge in [-0.2, -0.15) is 0 Å². The summed E-state index contributed by atoms with van der Waals surface area (Å²) < 4.78 is 5.30. The summed E-state index contributed by atoms with van der Waals surface area (Å²) in [6.45, 7) is 3.41. The summed E-state index contributed by atoms with van der Waals surface area (Å²) >= 11 is 1.64. The summed E-state index contributed by atoms with van der Waals surface area (Å²) in [5, 5.41) is 6.15. The maximum Gasteiger partial charge on any atom is 0.317 e. The number of carbonyl (C=O) groups excluding carboxylic acids is 1. The Hall–Kier alpha value is -2.08. The Morgan fingerprint density at radius 3 is 3.12 bits per heavy atom. The van der Waals surface area contributed by atoms with E-state index in [-0.39, 0.29) is 12.1 Å². The first-order valence-electron chi connectivity index (χ1n) is 8.27. The second kappa shape index (κ2) is 7.66. The van der Waals surface area contributed by atoms with Crippen LogP contribution in [0.2, 0.25) is 0 Å². The zero-order valence-corrected chi connectivity index (χ0v) is 14.9. The zero-order chi connectivity index (χ0) is 16.9. The van der Waals surface area contributed by atoms with Gasteiger partial charge in [-0.05, 0) is 37.5 Å². The van der Waals surface area contributed by atoms with Crippen molar-refractivity contribution in [2.45, 2.75) is 32.2 Å². The lowest BCUT2D eigenvalue weighted by atomic mass is 10.0. The molecule has 128 valence electrons. The minimum Gasteiger partial charge on any atom is -0.497 e. The Kier molecular flexibility index (Phi) is 5.35. The average molecular weight is 345 g/mol. The van der Waals surface area contributed by atoms with Gasteiger partial charge in [0.05, 0.1) is 23.9 Å². The maximum atomic E-state index is 12.5. The van der Waals surface area contributed by atoms with Crippen molar-refractivity contribution >= 4 is 17.4 Å². The van der Waals surface area contributed by atoms with Crippen molar-refractivity contribution in [2.75, 3.05) is 20.2 Å². The lowest BCUT2D eigenvalue weighted by molar-refractivity contribution is 0.193. The molecular formula is C18H23N3O2S. The third-order valence-electron chi connectivity index (χ3n) is 4.32. The van der Waals surface area contributed by atoms with E-state index in [2.05, 4.69) is 21.7 Å². The molecule has 0 unspecified atom stereocenters. The molecule has 3 rings (SSSR count). The number of nitrogens with one attached hydrogen (secondary N) is 1. The SMILES string of the molecule is COc1cccc([C@H]2CCCN2C(=O)NCCc2csc(C)n2)c1. The van der Waals surface area contributed by atoms with Crippen LogP contribution in [0.25, 0.3) is 0 Å². The average Bonchev–Trinajstić information content (AvgIpc) is 3.24. The number of likely N-dealkylation sites (tertiary alicyclic amines) is 1. The number of amides is 2. The van der Waals surface area contributed by atoms with Crippen molar-refractivity contribution in [1.29, 1.82) is 0 Å². The first-order chi connectivity index (χ1) is 11.7.